The lowest BCUT2D eigenvalue weighted by atomic mass is 10.2. The van der Waals surface area contributed by atoms with E-state index in [1.165, 1.54) is 0 Å². The number of thioether (sulfide) groups is 1. The summed E-state index contributed by atoms with van der Waals surface area (Å²) < 4.78 is 27.1. The summed E-state index contributed by atoms with van der Waals surface area (Å²) in [6.07, 6.45) is 0. The Morgan fingerprint density at radius 2 is 2.05 bits per heavy atom. The van der Waals surface area contributed by atoms with E-state index in [-0.39, 0.29) is 0 Å². The van der Waals surface area contributed by atoms with Gasteiger partial charge in [0.05, 0.1) is 4.90 Å². The largest absolute Gasteiger partial charge is 0.399 e. The third kappa shape index (κ3) is 4.12. The van der Waals surface area contributed by atoms with Gasteiger partial charge in [-0.1, -0.05) is 0 Å². The van der Waals surface area contributed by atoms with E-state index in [2.05, 4.69) is 9.62 Å². The number of rotatable bonds is 5. The second-order valence-electron chi connectivity index (χ2n) is 4.88. The Bertz CT molecular complexity index is 555. The Balaban J connectivity index is 1.93. The van der Waals surface area contributed by atoms with Gasteiger partial charge in [0.15, 0.2) is 0 Å². The van der Waals surface area contributed by atoms with Crippen LogP contribution in [0.4, 0.5) is 5.69 Å². The molecule has 0 spiro atoms. The van der Waals surface area contributed by atoms with E-state index in [9.17, 15) is 8.42 Å². The van der Waals surface area contributed by atoms with Crippen molar-refractivity contribution in [3.05, 3.63) is 23.8 Å². The molecule has 0 aliphatic carbocycles. The molecule has 20 heavy (non-hydrogen) atoms. The molecule has 0 saturated carbocycles. The minimum Gasteiger partial charge on any atom is -0.399 e. The van der Waals surface area contributed by atoms with Gasteiger partial charge < -0.3 is 10.6 Å². The molecule has 0 radical (unpaired) electrons. The average molecular weight is 315 g/mol. The topological polar surface area (TPSA) is 75.4 Å². The van der Waals surface area contributed by atoms with Gasteiger partial charge in [-0.25, -0.2) is 13.1 Å². The fourth-order valence-electron chi connectivity index (χ4n) is 2.21. The van der Waals surface area contributed by atoms with Crippen molar-refractivity contribution in [3.63, 3.8) is 0 Å². The summed E-state index contributed by atoms with van der Waals surface area (Å²) in [6, 6.07) is 4.85. The van der Waals surface area contributed by atoms with Gasteiger partial charge in [-0.3, -0.25) is 0 Å². The van der Waals surface area contributed by atoms with Crippen molar-refractivity contribution in [2.75, 3.05) is 43.4 Å². The van der Waals surface area contributed by atoms with E-state index < -0.39 is 10.0 Å². The molecule has 112 valence electrons. The fourth-order valence-corrected chi connectivity index (χ4v) is 4.44. The predicted octanol–water partition coefficient (Wildman–Crippen LogP) is 0.904. The zero-order valence-corrected chi connectivity index (χ0v) is 13.3. The summed E-state index contributed by atoms with van der Waals surface area (Å²) in [7, 11) is -3.45. The third-order valence-corrected chi connectivity index (χ3v) is 5.88. The summed E-state index contributed by atoms with van der Waals surface area (Å²) in [4.78, 5) is 2.59. The summed E-state index contributed by atoms with van der Waals surface area (Å²) in [6.45, 7) is 5.03. The third-order valence-electron chi connectivity index (χ3n) is 3.31. The van der Waals surface area contributed by atoms with Gasteiger partial charge in [0, 0.05) is 43.4 Å². The highest BCUT2D eigenvalue weighted by Crippen LogP contribution is 2.17. The molecule has 1 aliphatic heterocycles. The van der Waals surface area contributed by atoms with Gasteiger partial charge in [-0.05, 0) is 30.7 Å². The zero-order chi connectivity index (χ0) is 14.6. The van der Waals surface area contributed by atoms with Crippen molar-refractivity contribution < 1.29 is 8.42 Å². The Hall–Kier alpha value is -0.760. The first-order chi connectivity index (χ1) is 9.49. The lowest BCUT2D eigenvalue weighted by Crippen LogP contribution is -2.39. The molecule has 0 unspecified atom stereocenters. The highest BCUT2D eigenvalue weighted by Gasteiger charge is 2.17. The van der Waals surface area contributed by atoms with Crippen LogP contribution in [0.15, 0.2) is 23.1 Å². The summed E-state index contributed by atoms with van der Waals surface area (Å²) >= 11 is 1.95. The number of anilines is 1. The van der Waals surface area contributed by atoms with Crippen LogP contribution in [0.2, 0.25) is 0 Å². The number of nitrogens with one attached hydrogen (secondary N) is 1. The molecule has 7 heteroatoms. The average Bonchev–Trinajstić information content (AvgIpc) is 2.39. The number of nitrogens with two attached hydrogens (primary N) is 1. The molecule has 1 saturated heterocycles. The SMILES string of the molecule is Cc1cc(N)ccc1S(=O)(=O)NCCN1CCSCC1. The van der Waals surface area contributed by atoms with E-state index in [1.54, 1.807) is 25.1 Å². The number of nitrogens with zero attached hydrogens (tertiary/aromatic N) is 1. The zero-order valence-electron chi connectivity index (χ0n) is 11.6. The number of sulfonamides is 1. The highest BCUT2D eigenvalue weighted by atomic mass is 32.2. The number of benzene rings is 1. The molecule has 0 atom stereocenters. The first kappa shape index (κ1) is 15.6. The van der Waals surface area contributed by atoms with Crippen molar-refractivity contribution in [1.82, 2.24) is 9.62 Å². The number of hydrogen-bond acceptors (Lipinski definition) is 5. The lowest BCUT2D eigenvalue weighted by molar-refractivity contribution is 0.307. The minimum absolute atomic E-state index is 0.306. The molecule has 1 heterocycles. The maximum Gasteiger partial charge on any atom is 0.240 e. The molecule has 0 amide bonds. The molecule has 0 aromatic heterocycles. The number of hydrogen-bond donors (Lipinski definition) is 2. The Kier molecular flexibility index (Phi) is 5.31. The maximum absolute atomic E-state index is 12.2. The molecular formula is C13H21N3O2S2. The molecule has 1 aromatic rings. The second-order valence-corrected chi connectivity index (χ2v) is 7.84. The Morgan fingerprint density at radius 3 is 2.70 bits per heavy atom. The van der Waals surface area contributed by atoms with Crippen LogP contribution in [0.1, 0.15) is 5.56 Å². The first-order valence-corrected chi connectivity index (χ1v) is 9.29. The summed E-state index contributed by atoms with van der Waals surface area (Å²) in [5, 5.41) is 0. The van der Waals surface area contributed by atoms with Crippen molar-refractivity contribution in [1.29, 1.82) is 0 Å². The summed E-state index contributed by atoms with van der Waals surface area (Å²) in [5.41, 5.74) is 6.89. The molecule has 1 aliphatic rings. The van der Waals surface area contributed by atoms with Crippen molar-refractivity contribution in [2.45, 2.75) is 11.8 Å². The van der Waals surface area contributed by atoms with Crippen LogP contribution in [0.25, 0.3) is 0 Å². The van der Waals surface area contributed by atoms with Crippen LogP contribution >= 0.6 is 11.8 Å². The molecular weight excluding hydrogens is 294 g/mol. The quantitative estimate of drug-likeness (QED) is 0.790. The van der Waals surface area contributed by atoms with Crippen LogP contribution in [0.3, 0.4) is 0 Å². The van der Waals surface area contributed by atoms with Crippen LogP contribution in [0, 0.1) is 6.92 Å². The minimum atomic E-state index is -3.45. The standard InChI is InChI=1S/C13H21N3O2S2/c1-11-10-12(14)2-3-13(11)20(17,18)15-4-5-16-6-8-19-9-7-16/h2-3,10,15H,4-9,14H2,1H3. The molecule has 1 fully saturated rings. The van der Waals surface area contributed by atoms with Gasteiger partial charge in [-0.15, -0.1) is 0 Å². The molecule has 2 rings (SSSR count). The smallest absolute Gasteiger partial charge is 0.240 e. The second kappa shape index (κ2) is 6.80. The van der Waals surface area contributed by atoms with E-state index in [4.69, 9.17) is 5.73 Å². The highest BCUT2D eigenvalue weighted by molar-refractivity contribution is 7.99. The first-order valence-electron chi connectivity index (χ1n) is 6.65. The normalized spacial score (nSPS) is 17.2. The van der Waals surface area contributed by atoms with E-state index >= 15 is 0 Å². The lowest BCUT2D eigenvalue weighted by Gasteiger charge is -2.26. The van der Waals surface area contributed by atoms with Gasteiger partial charge in [0.1, 0.15) is 0 Å². The van der Waals surface area contributed by atoms with Gasteiger partial charge in [-0.2, -0.15) is 11.8 Å². The molecule has 3 N–H and O–H groups in total. The number of aryl methyl sites for hydroxylation is 1. The van der Waals surface area contributed by atoms with Crippen molar-refractivity contribution >= 4 is 27.5 Å². The van der Waals surface area contributed by atoms with E-state index in [0.717, 1.165) is 31.1 Å². The monoisotopic (exact) mass is 315 g/mol. The van der Waals surface area contributed by atoms with Crippen LogP contribution in [-0.2, 0) is 10.0 Å². The van der Waals surface area contributed by atoms with Crippen LogP contribution in [0.5, 0.6) is 0 Å². The predicted molar refractivity (Wildman–Crippen MR) is 84.5 cm³/mol. The van der Waals surface area contributed by atoms with Crippen molar-refractivity contribution in [3.8, 4) is 0 Å². The number of nitrogen functional groups attached to an aromatic ring is 1. The van der Waals surface area contributed by atoms with E-state index in [1.807, 2.05) is 11.8 Å². The molecule has 1 aromatic carbocycles. The van der Waals surface area contributed by atoms with Gasteiger partial charge in [0.25, 0.3) is 0 Å². The van der Waals surface area contributed by atoms with Gasteiger partial charge in [0.2, 0.25) is 10.0 Å². The Morgan fingerprint density at radius 1 is 1.35 bits per heavy atom. The summed E-state index contributed by atoms with van der Waals surface area (Å²) in [5.74, 6) is 2.26. The van der Waals surface area contributed by atoms with Gasteiger partial charge >= 0.3 is 0 Å². The van der Waals surface area contributed by atoms with Crippen LogP contribution in [-0.4, -0.2) is 51.0 Å². The van der Waals surface area contributed by atoms with Crippen molar-refractivity contribution in [2.24, 2.45) is 0 Å². The fraction of sp³-hybridized carbons (Fsp3) is 0.538. The van der Waals surface area contributed by atoms with Crippen LogP contribution < -0.4 is 10.5 Å². The van der Waals surface area contributed by atoms with E-state index in [0.29, 0.717) is 22.7 Å². The molecule has 0 bridgehead atoms. The maximum atomic E-state index is 12.2. The Labute approximate surface area is 125 Å². The molecule has 5 nitrogen and oxygen atoms in total.